The van der Waals surface area contributed by atoms with E-state index in [4.69, 9.17) is 16.4 Å². The van der Waals surface area contributed by atoms with Gasteiger partial charge in [-0.25, -0.2) is 0 Å². The van der Waals surface area contributed by atoms with Crippen LogP contribution in [0.3, 0.4) is 0 Å². The van der Waals surface area contributed by atoms with Crippen molar-refractivity contribution in [3.8, 4) is 0 Å². The number of rotatable bonds is 12. The van der Waals surface area contributed by atoms with E-state index in [2.05, 4.69) is 4.98 Å². The van der Waals surface area contributed by atoms with Gasteiger partial charge in [-0.05, 0) is 43.3 Å². The zero-order chi connectivity index (χ0) is 19.7. The third-order valence-corrected chi connectivity index (χ3v) is 6.57. The predicted molar refractivity (Wildman–Crippen MR) is 107 cm³/mol. The van der Waals surface area contributed by atoms with E-state index in [9.17, 15) is 13.2 Å². The second-order valence-electron chi connectivity index (χ2n) is 7.44. The van der Waals surface area contributed by atoms with Crippen molar-refractivity contribution in [2.45, 2.75) is 71.6 Å². The topological polar surface area (TPSA) is 81.2 Å². The van der Waals surface area contributed by atoms with Crippen LogP contribution >= 0.6 is 12.2 Å². The van der Waals surface area contributed by atoms with Crippen LogP contribution in [-0.2, 0) is 20.8 Å². The van der Waals surface area contributed by atoms with Gasteiger partial charge in [0, 0.05) is 18.8 Å². The summed E-state index contributed by atoms with van der Waals surface area (Å²) >= 11 is 5.10. The molecule has 0 saturated heterocycles. The van der Waals surface area contributed by atoms with Crippen molar-refractivity contribution in [1.29, 1.82) is 0 Å². The number of H-pyrrole nitrogens is 1. The highest BCUT2D eigenvalue weighted by atomic mass is 32.2. The Kier molecular flexibility index (Phi) is 9.74. The minimum Gasteiger partial charge on any atom is -0.325 e. The molecule has 1 N–H and O–H groups in total. The fourth-order valence-corrected chi connectivity index (χ4v) is 4.87. The van der Waals surface area contributed by atoms with E-state index < -0.39 is 15.4 Å². The number of nitrogens with one attached hydrogen (secondary N) is 1. The first-order chi connectivity index (χ1) is 12.1. The first-order valence-corrected chi connectivity index (χ1v) is 11.2. The van der Waals surface area contributed by atoms with Crippen molar-refractivity contribution in [3.05, 3.63) is 27.4 Å². The van der Waals surface area contributed by atoms with Gasteiger partial charge in [0.1, 0.15) is 0 Å². The van der Waals surface area contributed by atoms with Gasteiger partial charge in [-0.3, -0.25) is 14.0 Å². The van der Waals surface area contributed by atoms with Crippen molar-refractivity contribution in [3.63, 3.8) is 0 Å². The zero-order valence-electron chi connectivity index (χ0n) is 16.2. The third-order valence-electron chi connectivity index (χ3n) is 4.26. The fourth-order valence-electron chi connectivity index (χ4n) is 2.81. The van der Waals surface area contributed by atoms with E-state index in [1.807, 2.05) is 32.3 Å². The molecule has 1 aromatic heterocycles. The molecule has 0 bridgehead atoms. The highest BCUT2D eigenvalue weighted by Gasteiger charge is 2.30. The molecule has 0 aromatic carbocycles. The lowest BCUT2D eigenvalue weighted by atomic mass is 10.0. The van der Waals surface area contributed by atoms with E-state index in [-0.39, 0.29) is 18.1 Å². The van der Waals surface area contributed by atoms with Crippen molar-refractivity contribution in [1.82, 2.24) is 9.55 Å². The number of hydrogen-bond donors (Lipinski definition) is 1. The summed E-state index contributed by atoms with van der Waals surface area (Å²) in [6.07, 6.45) is 5.78. The molecule has 0 radical (unpaired) electrons. The first kappa shape index (κ1) is 23.0. The Morgan fingerprint density at radius 3 is 2.38 bits per heavy atom. The molecular formula is C18H32N2O4S2. The molecule has 1 heterocycles. The van der Waals surface area contributed by atoms with E-state index in [1.165, 1.54) is 6.07 Å². The van der Waals surface area contributed by atoms with Crippen LogP contribution in [0.2, 0.25) is 0 Å². The minimum atomic E-state index is -3.51. The summed E-state index contributed by atoms with van der Waals surface area (Å²) in [4.78, 5) is 13.7. The molecule has 0 amide bonds. The predicted octanol–water partition coefficient (Wildman–Crippen LogP) is 3.88. The maximum atomic E-state index is 12.4. The highest BCUT2D eigenvalue weighted by molar-refractivity contribution is 7.87. The van der Waals surface area contributed by atoms with Gasteiger partial charge in [-0.15, -0.1) is 0 Å². The van der Waals surface area contributed by atoms with Crippen LogP contribution in [0.1, 0.15) is 59.8 Å². The largest absolute Gasteiger partial charge is 0.325 e. The summed E-state index contributed by atoms with van der Waals surface area (Å²) in [6.45, 7) is 8.88. The standard InChI is InChI=1S/C18H32N2O4S2/c1-14(2)13-16(15(3)4)26(22,23)24-12-8-6-5-7-10-20-11-9-17(21)19-18(20)25/h9,11,14-16H,5-8,10,12-13H2,1-4H3,(H,19,21,25). The van der Waals surface area contributed by atoms with Gasteiger partial charge < -0.3 is 4.57 Å². The van der Waals surface area contributed by atoms with E-state index in [0.29, 0.717) is 23.5 Å². The van der Waals surface area contributed by atoms with Crippen molar-refractivity contribution >= 4 is 22.3 Å². The summed E-state index contributed by atoms with van der Waals surface area (Å²) in [5.41, 5.74) is -0.193. The average Bonchev–Trinajstić information content (AvgIpc) is 2.52. The third kappa shape index (κ3) is 8.14. The van der Waals surface area contributed by atoms with Gasteiger partial charge >= 0.3 is 0 Å². The molecular weight excluding hydrogens is 372 g/mol. The van der Waals surface area contributed by atoms with Crippen LogP contribution in [0.15, 0.2) is 17.1 Å². The van der Waals surface area contributed by atoms with Gasteiger partial charge in [0.2, 0.25) is 0 Å². The molecule has 0 aliphatic heterocycles. The second kappa shape index (κ2) is 11.0. The Balaban J connectivity index is 2.30. The van der Waals surface area contributed by atoms with Gasteiger partial charge in [0.05, 0.1) is 11.9 Å². The van der Waals surface area contributed by atoms with E-state index >= 15 is 0 Å². The van der Waals surface area contributed by atoms with Crippen molar-refractivity contribution < 1.29 is 12.6 Å². The Hall–Kier alpha value is -0.990. The van der Waals surface area contributed by atoms with Crippen LogP contribution < -0.4 is 5.56 Å². The summed E-state index contributed by atoms with van der Waals surface area (Å²) in [5, 5.41) is -0.440. The number of aryl methyl sites for hydroxylation is 1. The molecule has 0 aliphatic rings. The van der Waals surface area contributed by atoms with Crippen molar-refractivity contribution in [2.24, 2.45) is 11.8 Å². The molecule has 1 aromatic rings. The number of aromatic amines is 1. The fraction of sp³-hybridized carbons (Fsp3) is 0.778. The normalized spacial score (nSPS) is 13.5. The van der Waals surface area contributed by atoms with Gasteiger partial charge in [0.25, 0.3) is 15.7 Å². The number of aromatic nitrogens is 2. The molecule has 1 unspecified atom stereocenters. The molecule has 0 fully saturated rings. The molecule has 0 saturated carbocycles. The molecule has 0 aliphatic carbocycles. The Morgan fingerprint density at radius 2 is 1.81 bits per heavy atom. The van der Waals surface area contributed by atoms with Gasteiger partial charge in [-0.2, -0.15) is 8.42 Å². The Morgan fingerprint density at radius 1 is 1.15 bits per heavy atom. The van der Waals surface area contributed by atoms with Gasteiger partial charge in [0.15, 0.2) is 4.77 Å². The maximum absolute atomic E-state index is 12.4. The number of nitrogens with zero attached hydrogens (tertiary/aromatic N) is 1. The maximum Gasteiger partial charge on any atom is 0.270 e. The SMILES string of the molecule is CC(C)CC(C(C)C)S(=O)(=O)OCCCCCCn1ccc(=O)[nH]c1=S. The monoisotopic (exact) mass is 404 g/mol. The second-order valence-corrected chi connectivity index (χ2v) is 9.66. The van der Waals surface area contributed by atoms with E-state index in [1.54, 1.807) is 6.20 Å². The lowest BCUT2D eigenvalue weighted by Gasteiger charge is -2.22. The van der Waals surface area contributed by atoms with Crippen LogP contribution in [-0.4, -0.2) is 29.8 Å². The van der Waals surface area contributed by atoms with Crippen LogP contribution in [0.25, 0.3) is 0 Å². The summed E-state index contributed by atoms with van der Waals surface area (Å²) in [5.74, 6) is 0.366. The molecule has 150 valence electrons. The minimum absolute atomic E-state index is 0.0457. The molecule has 8 heteroatoms. The lowest BCUT2D eigenvalue weighted by Crippen LogP contribution is -2.30. The Bertz CT molecular complexity index is 751. The van der Waals surface area contributed by atoms with Gasteiger partial charge in [-0.1, -0.05) is 40.5 Å². The highest BCUT2D eigenvalue weighted by Crippen LogP contribution is 2.22. The molecule has 1 rings (SSSR count). The summed E-state index contributed by atoms with van der Waals surface area (Å²) in [7, 11) is -3.51. The average molecular weight is 405 g/mol. The molecule has 6 nitrogen and oxygen atoms in total. The van der Waals surface area contributed by atoms with Crippen LogP contribution in [0.4, 0.5) is 0 Å². The molecule has 1 atom stereocenters. The van der Waals surface area contributed by atoms with Crippen molar-refractivity contribution in [2.75, 3.05) is 6.61 Å². The van der Waals surface area contributed by atoms with E-state index in [0.717, 1.165) is 25.8 Å². The first-order valence-electron chi connectivity index (χ1n) is 9.31. The quantitative estimate of drug-likeness (QED) is 0.325. The summed E-state index contributed by atoms with van der Waals surface area (Å²) in [6, 6.07) is 1.46. The Labute approximate surface area is 162 Å². The zero-order valence-corrected chi connectivity index (χ0v) is 17.9. The number of hydrogen-bond acceptors (Lipinski definition) is 5. The lowest BCUT2D eigenvalue weighted by molar-refractivity contribution is 0.289. The smallest absolute Gasteiger partial charge is 0.270 e. The van der Waals surface area contributed by atoms with Crippen LogP contribution in [0, 0.1) is 16.6 Å². The molecule has 26 heavy (non-hydrogen) atoms. The molecule has 0 spiro atoms. The van der Waals surface area contributed by atoms with Crippen LogP contribution in [0.5, 0.6) is 0 Å². The number of unbranched alkanes of at least 4 members (excludes halogenated alkanes) is 3. The summed E-state index contributed by atoms with van der Waals surface area (Å²) < 4.78 is 32.3.